The highest BCUT2D eigenvalue weighted by Crippen LogP contribution is 2.31. The van der Waals surface area contributed by atoms with Gasteiger partial charge in [-0.3, -0.25) is 9.36 Å². The van der Waals surface area contributed by atoms with Crippen molar-refractivity contribution in [2.45, 2.75) is 62.6 Å². The molecule has 0 aliphatic carbocycles. The standard InChI is InChI=1S/C22H29BrN4O2S/c1-15-9-11-26(12-10-15)21-24-25-22(27(21)14-19-4-3-13-29-19)30-16(2)20(28)17-5-7-18(23)8-6-17/h5-8,15-16,19H,3-4,9-14H2,1-2H3. The number of Topliss-reactive ketones (excluding diaryl/α,β-unsaturated/α-hetero) is 1. The summed E-state index contributed by atoms with van der Waals surface area (Å²) in [5.74, 6) is 1.78. The molecule has 0 amide bonds. The number of halogens is 1. The number of anilines is 1. The van der Waals surface area contributed by atoms with Crippen molar-refractivity contribution in [2.75, 3.05) is 24.6 Å². The number of hydrogen-bond acceptors (Lipinski definition) is 6. The van der Waals surface area contributed by atoms with Crippen molar-refractivity contribution in [3.05, 3.63) is 34.3 Å². The number of hydrogen-bond donors (Lipinski definition) is 0. The molecule has 0 spiro atoms. The van der Waals surface area contributed by atoms with E-state index in [9.17, 15) is 4.79 Å². The van der Waals surface area contributed by atoms with E-state index < -0.39 is 0 Å². The van der Waals surface area contributed by atoms with E-state index in [-0.39, 0.29) is 17.1 Å². The van der Waals surface area contributed by atoms with E-state index in [4.69, 9.17) is 4.74 Å². The molecular formula is C22H29BrN4O2S. The quantitative estimate of drug-likeness (QED) is 0.407. The van der Waals surface area contributed by atoms with E-state index in [1.165, 1.54) is 24.6 Å². The van der Waals surface area contributed by atoms with Gasteiger partial charge in [-0.1, -0.05) is 46.7 Å². The molecule has 1 aromatic carbocycles. The Morgan fingerprint density at radius 1 is 1.23 bits per heavy atom. The number of ether oxygens (including phenoxy) is 1. The number of aromatic nitrogens is 3. The zero-order chi connectivity index (χ0) is 21.1. The first kappa shape index (κ1) is 21.8. The van der Waals surface area contributed by atoms with Gasteiger partial charge in [0.15, 0.2) is 10.9 Å². The van der Waals surface area contributed by atoms with Crippen LogP contribution in [0.15, 0.2) is 33.9 Å². The molecule has 2 aliphatic rings. The molecule has 6 nitrogen and oxygen atoms in total. The van der Waals surface area contributed by atoms with Crippen molar-refractivity contribution in [1.29, 1.82) is 0 Å². The number of nitrogens with zero attached hydrogens (tertiary/aromatic N) is 4. The number of rotatable bonds is 7. The van der Waals surface area contributed by atoms with Crippen LogP contribution >= 0.6 is 27.7 Å². The van der Waals surface area contributed by atoms with Crippen LogP contribution in [0.5, 0.6) is 0 Å². The molecule has 3 heterocycles. The molecule has 0 radical (unpaired) electrons. The van der Waals surface area contributed by atoms with Crippen LogP contribution in [0.25, 0.3) is 0 Å². The number of thioether (sulfide) groups is 1. The summed E-state index contributed by atoms with van der Waals surface area (Å²) in [5.41, 5.74) is 0.716. The van der Waals surface area contributed by atoms with Crippen LogP contribution < -0.4 is 4.90 Å². The van der Waals surface area contributed by atoms with Crippen LogP contribution in [-0.2, 0) is 11.3 Å². The molecule has 2 unspecified atom stereocenters. The van der Waals surface area contributed by atoms with Crippen LogP contribution in [0.3, 0.4) is 0 Å². The number of piperidine rings is 1. The lowest BCUT2D eigenvalue weighted by Gasteiger charge is -2.31. The Hall–Kier alpha value is -1.38. The van der Waals surface area contributed by atoms with E-state index in [2.05, 4.69) is 42.5 Å². The van der Waals surface area contributed by atoms with Gasteiger partial charge in [0.05, 0.1) is 17.9 Å². The highest BCUT2D eigenvalue weighted by atomic mass is 79.9. The molecule has 162 valence electrons. The third-order valence-corrected chi connectivity index (χ3v) is 7.56. The summed E-state index contributed by atoms with van der Waals surface area (Å²) in [6.45, 7) is 7.83. The van der Waals surface area contributed by atoms with Gasteiger partial charge in [0, 0.05) is 29.7 Å². The molecule has 2 aromatic rings. The predicted octanol–water partition coefficient (Wildman–Crippen LogP) is 4.82. The van der Waals surface area contributed by atoms with Crippen molar-refractivity contribution in [2.24, 2.45) is 5.92 Å². The zero-order valence-electron chi connectivity index (χ0n) is 17.6. The van der Waals surface area contributed by atoms with Gasteiger partial charge >= 0.3 is 0 Å². The molecule has 4 rings (SSSR count). The SMILES string of the molecule is CC1CCN(c2nnc(SC(C)C(=O)c3ccc(Br)cc3)n2CC2CCCO2)CC1. The molecule has 2 fully saturated rings. The number of carbonyl (C=O) groups excluding carboxylic acids is 1. The molecule has 2 aliphatic heterocycles. The van der Waals surface area contributed by atoms with Gasteiger partial charge in [-0.15, -0.1) is 10.2 Å². The summed E-state index contributed by atoms with van der Waals surface area (Å²) in [6.07, 6.45) is 4.71. The van der Waals surface area contributed by atoms with Gasteiger partial charge < -0.3 is 9.64 Å². The number of benzene rings is 1. The maximum absolute atomic E-state index is 12.9. The first-order valence-corrected chi connectivity index (χ1v) is 12.4. The van der Waals surface area contributed by atoms with Gasteiger partial charge in [-0.25, -0.2) is 0 Å². The van der Waals surface area contributed by atoms with Gasteiger partial charge in [0.1, 0.15) is 0 Å². The van der Waals surface area contributed by atoms with Crippen LogP contribution in [-0.4, -0.2) is 51.6 Å². The summed E-state index contributed by atoms with van der Waals surface area (Å²) < 4.78 is 9.05. The van der Waals surface area contributed by atoms with Crippen molar-refractivity contribution in [3.63, 3.8) is 0 Å². The first-order chi connectivity index (χ1) is 14.5. The Kier molecular flexibility index (Phi) is 7.16. The van der Waals surface area contributed by atoms with Crippen molar-refractivity contribution < 1.29 is 9.53 Å². The van der Waals surface area contributed by atoms with Crippen molar-refractivity contribution in [1.82, 2.24) is 14.8 Å². The fourth-order valence-electron chi connectivity index (χ4n) is 4.02. The Morgan fingerprint density at radius 3 is 2.63 bits per heavy atom. The van der Waals surface area contributed by atoms with E-state index in [1.54, 1.807) is 0 Å². The minimum Gasteiger partial charge on any atom is -0.376 e. The lowest BCUT2D eigenvalue weighted by atomic mass is 10.00. The zero-order valence-corrected chi connectivity index (χ0v) is 20.0. The molecule has 2 atom stereocenters. The third-order valence-electron chi connectivity index (χ3n) is 5.95. The molecule has 0 bridgehead atoms. The maximum Gasteiger partial charge on any atom is 0.228 e. The minimum absolute atomic E-state index is 0.104. The van der Waals surface area contributed by atoms with Gasteiger partial charge in [0.25, 0.3) is 0 Å². The fraction of sp³-hybridized carbons (Fsp3) is 0.591. The smallest absolute Gasteiger partial charge is 0.228 e. The second-order valence-corrected chi connectivity index (χ2v) is 10.6. The normalized spacial score (nSPS) is 21.2. The summed E-state index contributed by atoms with van der Waals surface area (Å²) in [7, 11) is 0. The van der Waals surface area contributed by atoms with E-state index in [1.807, 2.05) is 31.2 Å². The fourth-order valence-corrected chi connectivity index (χ4v) is 5.22. The molecule has 1 aromatic heterocycles. The predicted molar refractivity (Wildman–Crippen MR) is 123 cm³/mol. The lowest BCUT2D eigenvalue weighted by molar-refractivity contribution is 0.0951. The largest absolute Gasteiger partial charge is 0.376 e. The van der Waals surface area contributed by atoms with E-state index >= 15 is 0 Å². The molecule has 0 N–H and O–H groups in total. The third kappa shape index (κ3) is 5.08. The first-order valence-electron chi connectivity index (χ1n) is 10.8. The Balaban J connectivity index is 1.53. The summed E-state index contributed by atoms with van der Waals surface area (Å²) in [4.78, 5) is 15.3. The highest BCUT2D eigenvalue weighted by Gasteiger charge is 2.28. The Bertz CT molecular complexity index is 859. The second kappa shape index (κ2) is 9.83. The number of carbonyl (C=O) groups is 1. The van der Waals surface area contributed by atoms with Gasteiger partial charge in [0.2, 0.25) is 5.95 Å². The van der Waals surface area contributed by atoms with Crippen LogP contribution in [0.2, 0.25) is 0 Å². The Labute approximate surface area is 190 Å². The average Bonchev–Trinajstić information content (AvgIpc) is 3.40. The van der Waals surface area contributed by atoms with Crippen LogP contribution in [0.4, 0.5) is 5.95 Å². The molecule has 30 heavy (non-hydrogen) atoms. The van der Waals surface area contributed by atoms with Crippen LogP contribution in [0.1, 0.15) is 49.9 Å². The summed E-state index contributed by atoms with van der Waals surface area (Å²) in [6, 6.07) is 7.53. The molecule has 0 saturated carbocycles. The maximum atomic E-state index is 12.9. The lowest BCUT2D eigenvalue weighted by Crippen LogP contribution is -2.35. The molecular weight excluding hydrogens is 464 g/mol. The average molecular weight is 493 g/mol. The monoisotopic (exact) mass is 492 g/mol. The molecule has 8 heteroatoms. The van der Waals surface area contributed by atoms with E-state index in [0.717, 1.165) is 60.6 Å². The number of ketones is 1. The van der Waals surface area contributed by atoms with Gasteiger partial charge in [-0.05, 0) is 50.7 Å². The molecule has 2 saturated heterocycles. The van der Waals surface area contributed by atoms with Crippen molar-refractivity contribution >= 4 is 39.4 Å². The topological polar surface area (TPSA) is 60.2 Å². The van der Waals surface area contributed by atoms with E-state index in [0.29, 0.717) is 5.56 Å². The van der Waals surface area contributed by atoms with Crippen molar-refractivity contribution in [3.8, 4) is 0 Å². The van der Waals surface area contributed by atoms with Crippen LogP contribution in [0, 0.1) is 5.92 Å². The van der Waals surface area contributed by atoms with Gasteiger partial charge in [-0.2, -0.15) is 0 Å². The Morgan fingerprint density at radius 2 is 1.97 bits per heavy atom. The summed E-state index contributed by atoms with van der Waals surface area (Å²) in [5, 5.41) is 9.61. The minimum atomic E-state index is -0.243. The highest BCUT2D eigenvalue weighted by molar-refractivity contribution is 9.10. The second-order valence-electron chi connectivity index (χ2n) is 8.33. The summed E-state index contributed by atoms with van der Waals surface area (Å²) >= 11 is 4.92.